The van der Waals surface area contributed by atoms with Gasteiger partial charge in [-0.15, -0.1) is 5.10 Å². The molecule has 0 saturated carbocycles. The number of benzene rings is 2. The highest BCUT2D eigenvalue weighted by atomic mass is 32.2. The van der Waals surface area contributed by atoms with Gasteiger partial charge in [0.1, 0.15) is 5.82 Å². The fourth-order valence-corrected chi connectivity index (χ4v) is 3.63. The molecule has 3 aromatic rings. The third-order valence-electron chi connectivity index (χ3n) is 4.35. The molecule has 2 heterocycles. The number of carbonyl (C=O) groups is 1. The summed E-state index contributed by atoms with van der Waals surface area (Å²) in [7, 11) is 0. The maximum Gasteiger partial charge on any atom is 0.234 e. The highest BCUT2D eigenvalue weighted by molar-refractivity contribution is 7.99. The Labute approximate surface area is 171 Å². The van der Waals surface area contributed by atoms with E-state index in [0.717, 1.165) is 37.7 Å². The summed E-state index contributed by atoms with van der Waals surface area (Å²) in [4.78, 5) is 14.5. The number of aromatic nitrogens is 4. The molecule has 0 aliphatic carbocycles. The van der Waals surface area contributed by atoms with Gasteiger partial charge in [0.05, 0.1) is 24.7 Å². The highest BCUT2D eigenvalue weighted by Gasteiger charge is 2.13. The number of carbonyl (C=O) groups excluding carboxylic acids is 1. The lowest BCUT2D eigenvalue weighted by atomic mass is 10.2. The molecule has 0 atom stereocenters. The summed E-state index contributed by atoms with van der Waals surface area (Å²) in [6, 6.07) is 13.7. The van der Waals surface area contributed by atoms with Crippen molar-refractivity contribution in [2.75, 3.05) is 42.3 Å². The summed E-state index contributed by atoms with van der Waals surface area (Å²) in [5, 5.41) is 14.7. The zero-order valence-electron chi connectivity index (χ0n) is 15.5. The zero-order valence-corrected chi connectivity index (χ0v) is 16.3. The van der Waals surface area contributed by atoms with Crippen molar-refractivity contribution in [2.24, 2.45) is 0 Å². The first kappa shape index (κ1) is 19.3. The number of hydrogen-bond donors (Lipinski definition) is 1. The number of halogens is 1. The molecule has 0 unspecified atom stereocenters. The van der Waals surface area contributed by atoms with Crippen molar-refractivity contribution in [3.05, 3.63) is 54.3 Å². The van der Waals surface area contributed by atoms with Crippen LogP contribution in [-0.4, -0.2) is 58.2 Å². The monoisotopic (exact) mass is 414 g/mol. The number of nitrogens with zero attached hydrogens (tertiary/aromatic N) is 5. The van der Waals surface area contributed by atoms with E-state index in [9.17, 15) is 9.18 Å². The summed E-state index contributed by atoms with van der Waals surface area (Å²) >= 11 is 1.18. The normalized spacial score (nSPS) is 14.0. The summed E-state index contributed by atoms with van der Waals surface area (Å²) < 4.78 is 20.2. The van der Waals surface area contributed by atoms with Gasteiger partial charge in [0.2, 0.25) is 11.1 Å². The van der Waals surface area contributed by atoms with Crippen molar-refractivity contribution in [3.8, 4) is 5.69 Å². The molecular weight excluding hydrogens is 395 g/mol. The van der Waals surface area contributed by atoms with E-state index in [1.165, 1.54) is 28.6 Å². The maximum atomic E-state index is 13.4. The third-order valence-corrected chi connectivity index (χ3v) is 5.27. The molecule has 2 aromatic carbocycles. The molecule has 150 valence electrons. The predicted molar refractivity (Wildman–Crippen MR) is 108 cm³/mol. The Morgan fingerprint density at radius 1 is 1.14 bits per heavy atom. The number of thioether (sulfide) groups is 1. The molecule has 8 nitrogen and oxygen atoms in total. The van der Waals surface area contributed by atoms with E-state index in [2.05, 4.69) is 25.7 Å². The van der Waals surface area contributed by atoms with Crippen LogP contribution in [0.4, 0.5) is 15.8 Å². The van der Waals surface area contributed by atoms with Gasteiger partial charge in [0.25, 0.3) is 0 Å². The molecule has 0 bridgehead atoms. The number of tetrazole rings is 1. The summed E-state index contributed by atoms with van der Waals surface area (Å²) in [5.41, 5.74) is 2.32. The van der Waals surface area contributed by atoms with E-state index in [1.54, 1.807) is 12.1 Å². The molecule has 10 heteroatoms. The second-order valence-corrected chi connectivity index (χ2v) is 7.28. The van der Waals surface area contributed by atoms with E-state index in [-0.39, 0.29) is 17.5 Å². The average molecular weight is 414 g/mol. The van der Waals surface area contributed by atoms with Crippen molar-refractivity contribution in [3.63, 3.8) is 0 Å². The van der Waals surface area contributed by atoms with Crippen molar-refractivity contribution in [1.82, 2.24) is 20.2 Å². The average Bonchev–Trinajstić information content (AvgIpc) is 3.22. The van der Waals surface area contributed by atoms with Crippen LogP contribution in [0.2, 0.25) is 0 Å². The van der Waals surface area contributed by atoms with Gasteiger partial charge in [-0.3, -0.25) is 4.79 Å². The van der Waals surface area contributed by atoms with E-state index in [1.807, 2.05) is 24.3 Å². The minimum absolute atomic E-state index is 0.126. The molecule has 0 spiro atoms. The number of anilines is 2. The molecule has 1 fully saturated rings. The van der Waals surface area contributed by atoms with Gasteiger partial charge >= 0.3 is 0 Å². The van der Waals surface area contributed by atoms with Gasteiger partial charge in [0, 0.05) is 24.5 Å². The molecule has 1 aliphatic rings. The summed E-state index contributed by atoms with van der Waals surface area (Å²) in [6.45, 7) is 3.18. The number of morpholine rings is 1. The van der Waals surface area contributed by atoms with Crippen molar-refractivity contribution in [2.45, 2.75) is 5.16 Å². The minimum atomic E-state index is -0.382. The van der Waals surface area contributed by atoms with Gasteiger partial charge in [-0.05, 0) is 52.9 Å². The second kappa shape index (κ2) is 9.01. The van der Waals surface area contributed by atoms with Crippen LogP contribution in [0.5, 0.6) is 0 Å². The molecule has 1 saturated heterocycles. The number of ether oxygens (including phenoxy) is 1. The first-order valence-electron chi connectivity index (χ1n) is 9.09. The van der Waals surface area contributed by atoms with Gasteiger partial charge in [-0.1, -0.05) is 17.8 Å². The van der Waals surface area contributed by atoms with Crippen LogP contribution in [0, 0.1) is 5.82 Å². The fraction of sp³-hybridized carbons (Fsp3) is 0.263. The minimum Gasteiger partial charge on any atom is -0.378 e. The topological polar surface area (TPSA) is 85.2 Å². The summed E-state index contributed by atoms with van der Waals surface area (Å²) in [5.74, 6) is -0.434. The van der Waals surface area contributed by atoms with Gasteiger partial charge in [-0.2, -0.15) is 4.68 Å². The van der Waals surface area contributed by atoms with E-state index in [4.69, 9.17) is 4.74 Å². The Morgan fingerprint density at radius 3 is 2.69 bits per heavy atom. The molecule has 1 aromatic heterocycles. The second-order valence-electron chi connectivity index (χ2n) is 6.34. The number of amides is 1. The van der Waals surface area contributed by atoms with Crippen LogP contribution < -0.4 is 10.2 Å². The van der Waals surface area contributed by atoms with Crippen molar-refractivity contribution >= 4 is 29.0 Å². The quantitative estimate of drug-likeness (QED) is 0.620. The van der Waals surface area contributed by atoms with Crippen LogP contribution in [0.25, 0.3) is 5.69 Å². The van der Waals surface area contributed by atoms with Gasteiger partial charge in [0.15, 0.2) is 0 Å². The lowest BCUT2D eigenvalue weighted by molar-refractivity contribution is -0.113. The fourth-order valence-electron chi connectivity index (χ4n) is 2.94. The Bertz CT molecular complexity index is 975. The number of hydrogen-bond acceptors (Lipinski definition) is 7. The lowest BCUT2D eigenvalue weighted by Crippen LogP contribution is -2.36. The lowest BCUT2D eigenvalue weighted by Gasteiger charge is -2.28. The van der Waals surface area contributed by atoms with Crippen molar-refractivity contribution < 1.29 is 13.9 Å². The van der Waals surface area contributed by atoms with Crippen molar-refractivity contribution in [1.29, 1.82) is 0 Å². The highest BCUT2D eigenvalue weighted by Crippen LogP contribution is 2.21. The molecule has 29 heavy (non-hydrogen) atoms. The van der Waals surface area contributed by atoms with Crippen LogP contribution in [0.15, 0.2) is 53.7 Å². The molecular formula is C19H19FN6O2S. The molecule has 1 aliphatic heterocycles. The number of nitrogens with one attached hydrogen (secondary N) is 1. The Balaban J connectivity index is 1.33. The smallest absolute Gasteiger partial charge is 0.234 e. The van der Waals surface area contributed by atoms with E-state index in [0.29, 0.717) is 10.8 Å². The number of rotatable bonds is 6. The zero-order chi connectivity index (χ0) is 20.1. The van der Waals surface area contributed by atoms with E-state index >= 15 is 0 Å². The molecule has 0 radical (unpaired) electrons. The molecule has 1 N–H and O–H groups in total. The first-order valence-corrected chi connectivity index (χ1v) is 10.1. The SMILES string of the molecule is O=C(CSc1nnnn1-c1cccc(F)c1)Nc1ccc(N2CCOCC2)cc1. The van der Waals surface area contributed by atoms with Crippen LogP contribution in [0.1, 0.15) is 0 Å². The van der Waals surface area contributed by atoms with E-state index < -0.39 is 0 Å². The largest absolute Gasteiger partial charge is 0.378 e. The van der Waals surface area contributed by atoms with Crippen LogP contribution in [0.3, 0.4) is 0 Å². The van der Waals surface area contributed by atoms with Gasteiger partial charge in [-0.25, -0.2) is 4.39 Å². The molecule has 4 rings (SSSR count). The van der Waals surface area contributed by atoms with Gasteiger partial charge < -0.3 is 15.0 Å². The Morgan fingerprint density at radius 2 is 1.93 bits per heavy atom. The predicted octanol–water partition coefficient (Wildman–Crippen LogP) is 2.37. The molecule has 1 amide bonds. The van der Waals surface area contributed by atoms with Crippen LogP contribution >= 0.6 is 11.8 Å². The van der Waals surface area contributed by atoms with Crippen LogP contribution in [-0.2, 0) is 9.53 Å². The summed E-state index contributed by atoms with van der Waals surface area (Å²) in [6.07, 6.45) is 0. The Kier molecular flexibility index (Phi) is 6.01. The standard InChI is InChI=1S/C19H19FN6O2S/c20-14-2-1-3-17(12-14)26-19(22-23-24-26)29-13-18(27)21-15-4-6-16(7-5-15)25-8-10-28-11-9-25/h1-7,12H,8-11,13H2,(H,21,27). The third kappa shape index (κ3) is 4.90. The maximum absolute atomic E-state index is 13.4. The first-order chi connectivity index (χ1) is 14.2. The Hall–Kier alpha value is -2.98.